The molecule has 1 heterocycles. The minimum Gasteiger partial charge on any atom is -0.481 e. The third-order valence-electron chi connectivity index (χ3n) is 2.41. The number of rotatable bonds is 6. The van der Waals surface area contributed by atoms with Crippen LogP contribution in [0.3, 0.4) is 0 Å². The van der Waals surface area contributed by atoms with E-state index in [4.69, 9.17) is 5.11 Å². The van der Waals surface area contributed by atoms with Gasteiger partial charge in [-0.3, -0.25) is 9.69 Å². The molecule has 1 unspecified atom stereocenters. The van der Waals surface area contributed by atoms with E-state index in [-0.39, 0.29) is 5.92 Å². The van der Waals surface area contributed by atoms with E-state index in [2.05, 4.69) is 33.8 Å². The van der Waals surface area contributed by atoms with Gasteiger partial charge in [-0.15, -0.1) is 11.3 Å². The minimum atomic E-state index is -0.731. The Morgan fingerprint density at radius 2 is 2.31 bits per heavy atom. The summed E-state index contributed by atoms with van der Waals surface area (Å²) in [5.41, 5.74) is 0. The predicted molar refractivity (Wildman–Crippen MR) is 69.8 cm³/mol. The Morgan fingerprint density at radius 1 is 1.62 bits per heavy atom. The number of hydrogen-bond acceptors (Lipinski definition) is 3. The van der Waals surface area contributed by atoms with Crippen LogP contribution in [-0.4, -0.2) is 29.1 Å². The Labute approximate surface area is 108 Å². The van der Waals surface area contributed by atoms with E-state index in [0.29, 0.717) is 6.54 Å². The van der Waals surface area contributed by atoms with Gasteiger partial charge in [-0.2, -0.15) is 0 Å². The van der Waals surface area contributed by atoms with Crippen LogP contribution in [0.25, 0.3) is 0 Å². The summed E-state index contributed by atoms with van der Waals surface area (Å²) in [6.07, 6.45) is 0. The average Bonchev–Trinajstić information content (AvgIpc) is 2.62. The highest BCUT2D eigenvalue weighted by atomic mass is 79.9. The van der Waals surface area contributed by atoms with Gasteiger partial charge in [-0.1, -0.05) is 13.8 Å². The Hall–Kier alpha value is -0.390. The van der Waals surface area contributed by atoms with Crippen LogP contribution in [0.4, 0.5) is 0 Å². The molecule has 1 rings (SSSR count). The molecule has 0 amide bonds. The molecule has 5 heteroatoms. The number of halogens is 1. The quantitative estimate of drug-likeness (QED) is 0.878. The van der Waals surface area contributed by atoms with Crippen LogP contribution in [0.5, 0.6) is 0 Å². The molecule has 0 saturated heterocycles. The van der Waals surface area contributed by atoms with Crippen molar-refractivity contribution in [2.45, 2.75) is 20.4 Å². The number of thiophene rings is 1. The van der Waals surface area contributed by atoms with Crippen LogP contribution >= 0.6 is 27.3 Å². The summed E-state index contributed by atoms with van der Waals surface area (Å²) in [5, 5.41) is 8.87. The Balaban J connectivity index is 2.52. The Bertz CT molecular complexity index is 354. The summed E-state index contributed by atoms with van der Waals surface area (Å²) >= 11 is 5.12. The summed E-state index contributed by atoms with van der Waals surface area (Å²) in [6, 6.07) is 4.09. The molecule has 1 aromatic heterocycles. The van der Waals surface area contributed by atoms with Crippen LogP contribution in [0.15, 0.2) is 15.9 Å². The molecular formula is C11H16BrNO2S. The maximum absolute atomic E-state index is 10.8. The first-order valence-electron chi connectivity index (χ1n) is 5.22. The van der Waals surface area contributed by atoms with Crippen LogP contribution in [0.2, 0.25) is 0 Å². The molecule has 1 aromatic rings. The molecule has 90 valence electrons. The fourth-order valence-electron chi connectivity index (χ4n) is 1.43. The second kappa shape index (κ2) is 6.37. The van der Waals surface area contributed by atoms with Crippen molar-refractivity contribution < 1.29 is 9.90 Å². The molecule has 1 atom stereocenters. The molecule has 16 heavy (non-hydrogen) atoms. The highest BCUT2D eigenvalue weighted by molar-refractivity contribution is 9.11. The van der Waals surface area contributed by atoms with Crippen molar-refractivity contribution >= 4 is 33.2 Å². The second-order valence-corrected chi connectivity index (χ2v) is 6.32. The van der Waals surface area contributed by atoms with Gasteiger partial charge >= 0.3 is 5.97 Å². The molecule has 0 aliphatic carbocycles. The van der Waals surface area contributed by atoms with Crippen molar-refractivity contribution in [1.82, 2.24) is 4.90 Å². The van der Waals surface area contributed by atoms with Crippen molar-refractivity contribution in [3.05, 3.63) is 20.8 Å². The number of nitrogens with zero attached hydrogens (tertiary/aromatic N) is 1. The molecule has 0 bridgehead atoms. The highest BCUT2D eigenvalue weighted by Gasteiger charge is 2.15. The second-order valence-electron chi connectivity index (χ2n) is 3.77. The summed E-state index contributed by atoms with van der Waals surface area (Å²) in [5.74, 6) is -1.05. The van der Waals surface area contributed by atoms with Crippen LogP contribution in [0.1, 0.15) is 18.7 Å². The zero-order valence-corrected chi connectivity index (χ0v) is 11.8. The molecule has 0 aliphatic rings. The van der Waals surface area contributed by atoms with Crippen molar-refractivity contribution in [2.75, 3.05) is 13.1 Å². The summed E-state index contributed by atoms with van der Waals surface area (Å²) < 4.78 is 1.12. The standard InChI is InChI=1S/C11H16BrNO2S/c1-3-13(6-8(2)11(14)15)7-9-4-5-10(12)16-9/h4-5,8H,3,6-7H2,1-2H3,(H,14,15). The van der Waals surface area contributed by atoms with Crippen LogP contribution in [0, 0.1) is 5.92 Å². The topological polar surface area (TPSA) is 40.5 Å². The number of aliphatic carboxylic acids is 1. The first-order chi connectivity index (χ1) is 7.52. The minimum absolute atomic E-state index is 0.316. The lowest BCUT2D eigenvalue weighted by molar-refractivity contribution is -0.141. The first-order valence-corrected chi connectivity index (χ1v) is 6.83. The number of carbonyl (C=O) groups is 1. The summed E-state index contributed by atoms with van der Waals surface area (Å²) in [6.45, 7) is 6.09. The molecular weight excluding hydrogens is 290 g/mol. The molecule has 0 aliphatic heterocycles. The summed E-state index contributed by atoms with van der Waals surface area (Å²) in [4.78, 5) is 14.2. The molecule has 0 radical (unpaired) electrons. The average molecular weight is 306 g/mol. The van der Waals surface area contributed by atoms with Gasteiger partial charge in [-0.05, 0) is 34.6 Å². The van der Waals surface area contributed by atoms with Gasteiger partial charge in [0, 0.05) is 18.0 Å². The van der Waals surface area contributed by atoms with E-state index in [1.54, 1.807) is 18.3 Å². The first kappa shape index (κ1) is 13.7. The van der Waals surface area contributed by atoms with E-state index >= 15 is 0 Å². The monoisotopic (exact) mass is 305 g/mol. The zero-order valence-electron chi connectivity index (χ0n) is 9.44. The third-order valence-corrected chi connectivity index (χ3v) is 4.02. The van der Waals surface area contributed by atoms with E-state index < -0.39 is 5.97 Å². The lowest BCUT2D eigenvalue weighted by Gasteiger charge is -2.21. The fraction of sp³-hybridized carbons (Fsp3) is 0.545. The number of carboxylic acids is 1. The van der Waals surface area contributed by atoms with Crippen molar-refractivity contribution in [1.29, 1.82) is 0 Å². The number of carboxylic acid groups (broad SMARTS) is 1. The van der Waals surface area contributed by atoms with Gasteiger partial charge < -0.3 is 5.11 Å². The van der Waals surface area contributed by atoms with Gasteiger partial charge in [0.15, 0.2) is 0 Å². The van der Waals surface area contributed by atoms with Crippen molar-refractivity contribution in [3.8, 4) is 0 Å². The van der Waals surface area contributed by atoms with Gasteiger partial charge in [-0.25, -0.2) is 0 Å². The molecule has 0 spiro atoms. The lowest BCUT2D eigenvalue weighted by Crippen LogP contribution is -2.31. The maximum Gasteiger partial charge on any atom is 0.307 e. The van der Waals surface area contributed by atoms with Gasteiger partial charge in [0.1, 0.15) is 0 Å². The number of hydrogen-bond donors (Lipinski definition) is 1. The molecule has 1 N–H and O–H groups in total. The van der Waals surface area contributed by atoms with Crippen LogP contribution < -0.4 is 0 Å². The predicted octanol–water partition coefficient (Wildman–Crippen LogP) is 3.05. The normalized spacial score (nSPS) is 13.0. The molecule has 0 saturated carbocycles. The van der Waals surface area contributed by atoms with Crippen molar-refractivity contribution in [2.24, 2.45) is 5.92 Å². The van der Waals surface area contributed by atoms with E-state index in [9.17, 15) is 4.79 Å². The SMILES string of the molecule is CCN(Cc1ccc(Br)s1)CC(C)C(=O)O. The Kier molecular flexibility index (Phi) is 5.44. The fourth-order valence-corrected chi connectivity index (χ4v) is 2.95. The van der Waals surface area contributed by atoms with Crippen molar-refractivity contribution in [3.63, 3.8) is 0 Å². The largest absolute Gasteiger partial charge is 0.481 e. The maximum atomic E-state index is 10.8. The molecule has 0 aromatic carbocycles. The zero-order chi connectivity index (χ0) is 12.1. The Morgan fingerprint density at radius 3 is 2.75 bits per heavy atom. The van der Waals surface area contributed by atoms with E-state index in [1.165, 1.54) is 4.88 Å². The highest BCUT2D eigenvalue weighted by Crippen LogP contribution is 2.23. The molecule has 0 fully saturated rings. The van der Waals surface area contributed by atoms with Gasteiger partial charge in [0.25, 0.3) is 0 Å². The third kappa shape index (κ3) is 4.23. The van der Waals surface area contributed by atoms with Crippen LogP contribution in [-0.2, 0) is 11.3 Å². The summed E-state index contributed by atoms with van der Waals surface area (Å²) in [7, 11) is 0. The van der Waals surface area contributed by atoms with E-state index in [0.717, 1.165) is 16.9 Å². The van der Waals surface area contributed by atoms with E-state index in [1.807, 2.05) is 6.07 Å². The van der Waals surface area contributed by atoms with Gasteiger partial charge in [0.2, 0.25) is 0 Å². The van der Waals surface area contributed by atoms with Gasteiger partial charge in [0.05, 0.1) is 9.70 Å². The lowest BCUT2D eigenvalue weighted by atomic mass is 10.1. The molecule has 3 nitrogen and oxygen atoms in total. The smallest absolute Gasteiger partial charge is 0.307 e.